The summed E-state index contributed by atoms with van der Waals surface area (Å²) in [5.41, 5.74) is 1.00. The fourth-order valence-electron chi connectivity index (χ4n) is 5.14. The Morgan fingerprint density at radius 2 is 1.94 bits per heavy atom. The molecule has 194 valence electrons. The van der Waals surface area contributed by atoms with Gasteiger partial charge >= 0.3 is 0 Å². The lowest BCUT2D eigenvalue weighted by Crippen LogP contribution is -2.62. The summed E-state index contributed by atoms with van der Waals surface area (Å²) in [6, 6.07) is -0.714. The van der Waals surface area contributed by atoms with E-state index in [1.165, 1.54) is 12.8 Å². The molecule has 0 spiro atoms. The smallest absolute Gasteiger partial charge is 0.244 e. The van der Waals surface area contributed by atoms with E-state index in [4.69, 9.17) is 11.6 Å². The topological polar surface area (TPSA) is 131 Å². The van der Waals surface area contributed by atoms with Crippen LogP contribution in [0.5, 0.6) is 0 Å². The van der Waals surface area contributed by atoms with Crippen molar-refractivity contribution in [2.24, 2.45) is 0 Å². The van der Waals surface area contributed by atoms with Crippen LogP contribution in [0, 0.1) is 0 Å². The van der Waals surface area contributed by atoms with E-state index in [-0.39, 0.29) is 17.9 Å². The molecule has 1 unspecified atom stereocenters. The molecule has 3 aliphatic rings. The Kier molecular flexibility index (Phi) is 10.3. The summed E-state index contributed by atoms with van der Waals surface area (Å²) in [5.74, 6) is 0.102. The van der Waals surface area contributed by atoms with Crippen molar-refractivity contribution in [1.29, 1.82) is 0 Å². The largest absolute Gasteiger partial charge is 0.390 e. The van der Waals surface area contributed by atoms with Gasteiger partial charge < -0.3 is 31.3 Å². The third-order valence-corrected chi connectivity index (χ3v) is 10.0. The fraction of sp³-hybridized carbons (Fsp3) is 0.750. The van der Waals surface area contributed by atoms with E-state index in [1.807, 2.05) is 18.4 Å². The molecule has 2 aliphatic heterocycles. The van der Waals surface area contributed by atoms with Crippen LogP contribution in [0.25, 0.3) is 0 Å². The van der Waals surface area contributed by atoms with E-state index < -0.39 is 51.9 Å². The molecule has 0 bridgehead atoms. The highest BCUT2D eigenvalue weighted by Crippen LogP contribution is 2.40. The van der Waals surface area contributed by atoms with Crippen LogP contribution in [0.2, 0.25) is 0 Å². The van der Waals surface area contributed by atoms with Gasteiger partial charge in [-0.05, 0) is 45.4 Å². The highest BCUT2D eigenvalue weighted by atomic mass is 35.5. The molecule has 10 heteroatoms. The molecule has 1 aliphatic carbocycles. The van der Waals surface area contributed by atoms with E-state index >= 15 is 0 Å². The van der Waals surface area contributed by atoms with E-state index in [0.29, 0.717) is 25.1 Å². The summed E-state index contributed by atoms with van der Waals surface area (Å²) in [5, 5.41) is 39.2. The second kappa shape index (κ2) is 12.7. The number of amides is 2. The van der Waals surface area contributed by atoms with E-state index in [9.17, 15) is 24.9 Å². The number of carbonyl (C=O) groups is 2. The number of rotatable bonds is 7. The number of allylic oxidation sites excluding steroid dienone is 1. The molecule has 3 rings (SSSR count). The summed E-state index contributed by atoms with van der Waals surface area (Å²) in [6.07, 6.45) is 9.55. The minimum atomic E-state index is -1.25. The Hall–Kier alpha value is -1.10. The third-order valence-electron chi connectivity index (χ3n) is 7.14. The highest BCUT2D eigenvalue weighted by molar-refractivity contribution is 8.17. The average molecular weight is 518 g/mol. The zero-order chi connectivity index (χ0) is 24.8. The van der Waals surface area contributed by atoms with Crippen LogP contribution >= 0.6 is 22.5 Å². The van der Waals surface area contributed by atoms with Crippen molar-refractivity contribution < 1.29 is 24.9 Å². The molecule has 1 saturated heterocycles. The van der Waals surface area contributed by atoms with Gasteiger partial charge in [0.1, 0.15) is 6.10 Å². The fourth-order valence-corrected chi connectivity index (χ4v) is 8.09. The Bertz CT molecular complexity index is 774. The molecule has 0 aromatic heterocycles. The van der Waals surface area contributed by atoms with Gasteiger partial charge in [-0.3, -0.25) is 9.59 Å². The second-order valence-corrected chi connectivity index (χ2v) is 12.9. The van der Waals surface area contributed by atoms with Crippen LogP contribution in [0.4, 0.5) is 0 Å². The predicted octanol–water partition coefficient (Wildman–Crippen LogP) is 0.488. The van der Waals surface area contributed by atoms with Crippen molar-refractivity contribution in [2.45, 2.75) is 92.5 Å². The maximum absolute atomic E-state index is 13.1. The van der Waals surface area contributed by atoms with Gasteiger partial charge in [-0.1, -0.05) is 30.6 Å². The number of nitrogens with one attached hydrogen (secondary N) is 3. The molecule has 8 atom stereocenters. The number of hydrogen-bond acceptors (Lipinski definition) is 6. The van der Waals surface area contributed by atoms with Gasteiger partial charge in [0.2, 0.25) is 11.8 Å². The number of thiol groups is 1. The normalized spacial score (nSPS) is 35.9. The molecule has 2 heterocycles. The summed E-state index contributed by atoms with van der Waals surface area (Å²) >= 11 is 6.42. The quantitative estimate of drug-likeness (QED) is 0.149. The predicted molar refractivity (Wildman–Crippen MR) is 137 cm³/mol. The SMILES string of the molecule is C[C@H](Cl)[C@@H](NC(=O)[C@@H]1CC=C(/C=C/C(=O)NC2CCCC2)CCN1)[C@@H]1[C@H](O)[C@@H](O)[C@@H](O)C[SH]1C. The molecule has 0 aromatic carbocycles. The molecular weight excluding hydrogens is 478 g/mol. The zero-order valence-electron chi connectivity index (χ0n) is 20.0. The van der Waals surface area contributed by atoms with Gasteiger partial charge in [-0.15, -0.1) is 11.6 Å². The maximum Gasteiger partial charge on any atom is 0.244 e. The van der Waals surface area contributed by atoms with Crippen LogP contribution in [0.15, 0.2) is 23.8 Å². The molecule has 2 fully saturated rings. The summed E-state index contributed by atoms with van der Waals surface area (Å²) in [6.45, 7) is 2.36. The Labute approximate surface area is 209 Å². The van der Waals surface area contributed by atoms with Crippen LogP contribution in [0.3, 0.4) is 0 Å². The molecule has 0 radical (unpaired) electrons. The minimum absolute atomic E-state index is 0.0762. The van der Waals surface area contributed by atoms with E-state index in [1.54, 1.807) is 13.0 Å². The lowest BCUT2D eigenvalue weighted by atomic mass is 9.97. The van der Waals surface area contributed by atoms with Crippen molar-refractivity contribution in [1.82, 2.24) is 16.0 Å². The number of aliphatic hydroxyl groups is 3. The van der Waals surface area contributed by atoms with Gasteiger partial charge in [0, 0.05) is 23.1 Å². The molecule has 6 N–H and O–H groups in total. The summed E-state index contributed by atoms with van der Waals surface area (Å²) in [4.78, 5) is 25.3. The zero-order valence-corrected chi connectivity index (χ0v) is 21.6. The van der Waals surface area contributed by atoms with Gasteiger partial charge in [0.15, 0.2) is 0 Å². The third kappa shape index (κ3) is 7.21. The average Bonchev–Trinajstić information content (AvgIpc) is 3.17. The molecule has 0 aromatic rings. The van der Waals surface area contributed by atoms with Crippen molar-refractivity contribution in [2.75, 3.05) is 18.6 Å². The van der Waals surface area contributed by atoms with Crippen molar-refractivity contribution in [3.63, 3.8) is 0 Å². The number of hydrogen-bond donors (Lipinski definition) is 7. The Balaban J connectivity index is 1.58. The van der Waals surface area contributed by atoms with Crippen molar-refractivity contribution >= 4 is 34.3 Å². The maximum atomic E-state index is 13.1. The monoisotopic (exact) mass is 517 g/mol. The summed E-state index contributed by atoms with van der Waals surface area (Å²) < 4.78 is 0. The van der Waals surface area contributed by atoms with Crippen LogP contribution < -0.4 is 16.0 Å². The van der Waals surface area contributed by atoms with Gasteiger partial charge in [-0.25, -0.2) is 10.9 Å². The van der Waals surface area contributed by atoms with Crippen LogP contribution in [-0.2, 0) is 9.59 Å². The second-order valence-electron chi connectivity index (χ2n) is 9.79. The lowest BCUT2D eigenvalue weighted by molar-refractivity contribution is -0.124. The first-order valence-electron chi connectivity index (χ1n) is 12.3. The number of carbonyl (C=O) groups excluding carboxylic acids is 2. The Morgan fingerprint density at radius 1 is 1.24 bits per heavy atom. The highest BCUT2D eigenvalue weighted by Gasteiger charge is 2.45. The van der Waals surface area contributed by atoms with Crippen LogP contribution in [-0.4, -0.2) is 92.8 Å². The molecule has 8 nitrogen and oxygen atoms in total. The molecule has 2 amide bonds. The first kappa shape index (κ1) is 27.5. The summed E-state index contributed by atoms with van der Waals surface area (Å²) in [7, 11) is -0.848. The van der Waals surface area contributed by atoms with Gasteiger partial charge in [0.05, 0.1) is 29.7 Å². The number of halogens is 1. The molecule has 34 heavy (non-hydrogen) atoms. The van der Waals surface area contributed by atoms with Gasteiger partial charge in [0.25, 0.3) is 0 Å². The van der Waals surface area contributed by atoms with Crippen LogP contribution in [0.1, 0.15) is 45.4 Å². The van der Waals surface area contributed by atoms with Crippen molar-refractivity contribution in [3.8, 4) is 0 Å². The number of aliphatic hydroxyl groups excluding tert-OH is 3. The number of alkyl halides is 1. The minimum Gasteiger partial charge on any atom is -0.390 e. The van der Waals surface area contributed by atoms with Gasteiger partial charge in [-0.2, -0.15) is 0 Å². The first-order valence-corrected chi connectivity index (χ1v) is 14.7. The molecule has 1 saturated carbocycles. The van der Waals surface area contributed by atoms with Crippen molar-refractivity contribution in [3.05, 3.63) is 23.8 Å². The van der Waals surface area contributed by atoms with E-state index in [0.717, 1.165) is 18.4 Å². The lowest BCUT2D eigenvalue weighted by Gasteiger charge is -2.46. The first-order chi connectivity index (χ1) is 16.2. The Morgan fingerprint density at radius 3 is 2.62 bits per heavy atom. The standard InChI is InChI=1S/C24H40ClN3O5S/c1-14(25)20(23-22(32)21(31)18(29)13-34(23)2)28-24(33)17-9-7-15(11-12-26-17)8-10-19(30)27-16-5-3-4-6-16/h7-8,10,14,16-18,20-23,26,29,31-32,34H,3-6,9,11-13H2,1-2H3,(H,27,30)(H,28,33)/b10-8+/t14-,17-,18-,20+,21-,22+,23+/m0/s1. The van der Waals surface area contributed by atoms with E-state index in [2.05, 4.69) is 16.0 Å². The molecular formula is C24H40ClN3O5S.